The Balaban J connectivity index is 1.23. The molecule has 11 nitrogen and oxygen atoms in total. The Kier molecular flexibility index (Phi) is 8.59. The largest absolute Gasteiger partial charge is 0.493 e. The summed E-state index contributed by atoms with van der Waals surface area (Å²) in [6.07, 6.45) is 5.63. The fourth-order valence-corrected chi connectivity index (χ4v) is 6.61. The molecule has 1 saturated heterocycles. The summed E-state index contributed by atoms with van der Waals surface area (Å²) in [5, 5.41) is 7.06. The lowest BCUT2D eigenvalue weighted by Crippen LogP contribution is -2.54. The number of amides is 2. The van der Waals surface area contributed by atoms with E-state index in [1.165, 1.54) is 23.6 Å². The molecule has 232 valence electrons. The van der Waals surface area contributed by atoms with E-state index in [2.05, 4.69) is 45.1 Å². The van der Waals surface area contributed by atoms with Crippen LogP contribution in [0.3, 0.4) is 0 Å². The van der Waals surface area contributed by atoms with E-state index in [0.29, 0.717) is 57.6 Å². The summed E-state index contributed by atoms with van der Waals surface area (Å²) in [7, 11) is 3.64. The number of halogens is 1. The minimum atomic E-state index is -0.304. The van der Waals surface area contributed by atoms with E-state index in [1.807, 2.05) is 42.3 Å². The van der Waals surface area contributed by atoms with Gasteiger partial charge in [0.15, 0.2) is 22.5 Å². The molecule has 2 amide bonds. The number of hydrogen-bond acceptors (Lipinski definition) is 10. The number of nitrogens with one attached hydrogen (secondary N) is 2. The maximum Gasteiger partial charge on any atom is 0.267 e. The van der Waals surface area contributed by atoms with Gasteiger partial charge in [-0.05, 0) is 49.2 Å². The van der Waals surface area contributed by atoms with Crippen molar-refractivity contribution in [3.05, 3.63) is 76.9 Å². The molecule has 0 unspecified atom stereocenters. The van der Waals surface area contributed by atoms with Crippen LogP contribution in [0.15, 0.2) is 61.4 Å². The Bertz CT molecular complexity index is 1760. The second-order valence-electron chi connectivity index (χ2n) is 10.9. The third-order valence-corrected chi connectivity index (χ3v) is 9.31. The fraction of sp³-hybridized carbons (Fsp3) is 0.281. The third kappa shape index (κ3) is 6.16. The highest BCUT2D eigenvalue weighted by Gasteiger charge is 2.34. The van der Waals surface area contributed by atoms with Crippen molar-refractivity contribution in [2.75, 3.05) is 60.8 Å². The van der Waals surface area contributed by atoms with Gasteiger partial charge in [0.2, 0.25) is 5.91 Å². The number of fused-ring (bicyclic) bond motifs is 3. The molecule has 0 aliphatic carbocycles. The van der Waals surface area contributed by atoms with Gasteiger partial charge in [-0.2, -0.15) is 0 Å². The van der Waals surface area contributed by atoms with Crippen LogP contribution in [0.4, 0.5) is 28.1 Å². The van der Waals surface area contributed by atoms with Crippen LogP contribution in [0.25, 0.3) is 11.3 Å². The summed E-state index contributed by atoms with van der Waals surface area (Å²) >= 11 is 7.49. The van der Waals surface area contributed by atoms with Crippen LogP contribution in [0.1, 0.15) is 21.7 Å². The molecular formula is C32H33ClN8O3S. The summed E-state index contributed by atoms with van der Waals surface area (Å²) in [6, 6.07) is 11.5. The van der Waals surface area contributed by atoms with Crippen LogP contribution in [-0.2, 0) is 4.79 Å². The van der Waals surface area contributed by atoms with E-state index in [0.717, 1.165) is 35.6 Å². The number of piperazine rings is 1. The number of hydrogen-bond donors (Lipinski definition) is 2. The molecule has 1 fully saturated rings. The second kappa shape index (κ2) is 12.7. The van der Waals surface area contributed by atoms with Crippen LogP contribution in [-0.4, -0.2) is 78.0 Å². The molecule has 0 radical (unpaired) electrons. The number of benzene rings is 1. The van der Waals surface area contributed by atoms with Gasteiger partial charge in [0.1, 0.15) is 4.88 Å². The highest BCUT2D eigenvalue weighted by molar-refractivity contribution is 7.17. The molecule has 13 heteroatoms. The first-order valence-electron chi connectivity index (χ1n) is 14.5. The number of carbonyl (C=O) groups excluding carboxylic acids is 2. The summed E-state index contributed by atoms with van der Waals surface area (Å²) < 4.78 is 5.58. The lowest BCUT2D eigenvalue weighted by atomic mass is 10.1. The van der Waals surface area contributed by atoms with Crippen molar-refractivity contribution in [3.8, 4) is 17.0 Å². The number of aryl methyl sites for hydroxylation is 1. The molecule has 1 atom stereocenters. The van der Waals surface area contributed by atoms with Gasteiger partial charge in [-0.25, -0.2) is 15.0 Å². The Labute approximate surface area is 270 Å². The van der Waals surface area contributed by atoms with Gasteiger partial charge in [0.05, 0.1) is 35.4 Å². The monoisotopic (exact) mass is 644 g/mol. The smallest absolute Gasteiger partial charge is 0.267 e. The van der Waals surface area contributed by atoms with Crippen molar-refractivity contribution in [1.29, 1.82) is 0 Å². The highest BCUT2D eigenvalue weighted by Crippen LogP contribution is 2.38. The summed E-state index contributed by atoms with van der Waals surface area (Å²) in [5.41, 5.74) is 4.00. The predicted molar refractivity (Wildman–Crippen MR) is 179 cm³/mol. The van der Waals surface area contributed by atoms with E-state index < -0.39 is 0 Å². The van der Waals surface area contributed by atoms with E-state index in [1.54, 1.807) is 13.2 Å². The molecule has 45 heavy (non-hydrogen) atoms. The molecule has 2 aliphatic heterocycles. The average molecular weight is 645 g/mol. The third-order valence-electron chi connectivity index (χ3n) is 8.09. The van der Waals surface area contributed by atoms with Crippen molar-refractivity contribution < 1.29 is 14.3 Å². The number of aromatic nitrogens is 3. The van der Waals surface area contributed by atoms with Gasteiger partial charge in [0.25, 0.3) is 5.91 Å². The first-order valence-corrected chi connectivity index (χ1v) is 15.7. The first-order chi connectivity index (χ1) is 21.7. The van der Waals surface area contributed by atoms with E-state index in [4.69, 9.17) is 26.3 Å². The highest BCUT2D eigenvalue weighted by atomic mass is 35.5. The van der Waals surface area contributed by atoms with E-state index >= 15 is 0 Å². The minimum Gasteiger partial charge on any atom is -0.493 e. The molecule has 6 rings (SSSR count). The molecule has 0 spiro atoms. The molecule has 0 bridgehead atoms. The summed E-state index contributed by atoms with van der Waals surface area (Å²) in [4.78, 5) is 46.2. The zero-order valence-corrected chi connectivity index (χ0v) is 26.8. The Morgan fingerprint density at radius 2 is 2.00 bits per heavy atom. The van der Waals surface area contributed by atoms with Crippen LogP contribution >= 0.6 is 22.9 Å². The Morgan fingerprint density at radius 1 is 1.16 bits per heavy atom. The lowest BCUT2D eigenvalue weighted by Gasteiger charge is -2.41. The molecule has 2 N–H and O–H groups in total. The lowest BCUT2D eigenvalue weighted by molar-refractivity contribution is -0.126. The number of carbonyl (C=O) groups is 2. The number of pyridine rings is 2. The first kappa shape index (κ1) is 30.4. The second-order valence-corrected chi connectivity index (χ2v) is 12.3. The van der Waals surface area contributed by atoms with Crippen molar-refractivity contribution in [2.24, 2.45) is 0 Å². The number of thiazole rings is 1. The zero-order valence-electron chi connectivity index (χ0n) is 25.2. The SMILES string of the molecule is C=CC(=O)N1CCN2c3ncc(-c4ccc(OC)c(Nc5ncc(C(=O)Nc6c(C)cccc6Cl)s5)n4)cc3N(C)CC[C@H]2C1. The molecule has 5 heterocycles. The van der Waals surface area contributed by atoms with Gasteiger partial charge in [-0.3, -0.25) is 9.59 Å². The summed E-state index contributed by atoms with van der Waals surface area (Å²) in [5.74, 6) is 1.56. The molecule has 2 aliphatic rings. The number of ether oxygens (including phenoxy) is 1. The Hall–Kier alpha value is -4.68. The number of nitrogens with zero attached hydrogens (tertiary/aromatic N) is 6. The Morgan fingerprint density at radius 3 is 2.78 bits per heavy atom. The van der Waals surface area contributed by atoms with E-state index in [9.17, 15) is 9.59 Å². The van der Waals surface area contributed by atoms with Crippen molar-refractivity contribution >= 4 is 62.9 Å². The molecule has 4 aromatic rings. The predicted octanol–water partition coefficient (Wildman–Crippen LogP) is 5.61. The quantitative estimate of drug-likeness (QED) is 0.248. The molecule has 3 aromatic heterocycles. The van der Waals surface area contributed by atoms with Crippen molar-refractivity contribution in [1.82, 2.24) is 19.9 Å². The number of para-hydroxylation sites is 1. The standard InChI is InChI=1S/C32H33ClN8O3S/c1-5-27(42)40-13-14-41-21(18-40)11-12-39(3)24-15-20(16-34-30(24)41)23-9-10-25(44-4)29(36-23)38-32-35-17-26(45-32)31(43)37-28-19(2)7-6-8-22(28)33/h5-10,15-17,21H,1,11-14,18H2,2-4H3,(H,37,43)(H,35,36,38)/t21-/m0/s1. The van der Waals surface area contributed by atoms with E-state index in [-0.39, 0.29) is 17.9 Å². The fourth-order valence-electron chi connectivity index (χ4n) is 5.63. The summed E-state index contributed by atoms with van der Waals surface area (Å²) in [6.45, 7) is 8.34. The number of anilines is 5. The van der Waals surface area contributed by atoms with Crippen LogP contribution in [0.2, 0.25) is 5.02 Å². The maximum absolute atomic E-state index is 13.0. The minimum absolute atomic E-state index is 0.0322. The number of methoxy groups -OCH3 is 1. The van der Waals surface area contributed by atoms with Crippen molar-refractivity contribution in [3.63, 3.8) is 0 Å². The van der Waals surface area contributed by atoms with Crippen molar-refractivity contribution in [2.45, 2.75) is 19.4 Å². The van der Waals surface area contributed by atoms with Crippen LogP contribution < -0.4 is 25.2 Å². The van der Waals surface area contributed by atoms with Crippen LogP contribution in [0, 0.1) is 6.92 Å². The maximum atomic E-state index is 13.0. The van der Waals surface area contributed by atoms with Gasteiger partial charge in [0, 0.05) is 51.0 Å². The molecular weight excluding hydrogens is 612 g/mol. The van der Waals surface area contributed by atoms with Gasteiger partial charge in [-0.1, -0.05) is 41.6 Å². The average Bonchev–Trinajstić information content (AvgIpc) is 3.48. The van der Waals surface area contributed by atoms with Gasteiger partial charge >= 0.3 is 0 Å². The topological polar surface area (TPSA) is 116 Å². The zero-order chi connectivity index (χ0) is 31.7. The number of rotatable bonds is 7. The van der Waals surface area contributed by atoms with Crippen LogP contribution in [0.5, 0.6) is 5.75 Å². The molecule has 1 aromatic carbocycles. The van der Waals surface area contributed by atoms with Gasteiger partial charge < -0.3 is 30.1 Å². The van der Waals surface area contributed by atoms with Gasteiger partial charge in [-0.15, -0.1) is 0 Å². The molecule has 0 saturated carbocycles. The normalized spacial score (nSPS) is 15.9.